The van der Waals surface area contributed by atoms with Gasteiger partial charge < -0.3 is 34.2 Å². The van der Waals surface area contributed by atoms with Gasteiger partial charge in [0.15, 0.2) is 11.5 Å². The Labute approximate surface area is 210 Å². The molecule has 0 bridgehead atoms. The fraction of sp³-hybridized carbons (Fsp3) is 0.407. The number of phenols is 1. The van der Waals surface area contributed by atoms with E-state index in [-0.39, 0.29) is 22.8 Å². The Kier molecular flexibility index (Phi) is 7.81. The number of Topliss-reactive ketones (excluding diaryl/α,β-unsaturated/α-hetero) is 1. The normalized spacial score (nSPS) is 20.1. The predicted molar refractivity (Wildman–Crippen MR) is 132 cm³/mol. The molecule has 9 heteroatoms. The monoisotopic (exact) mass is 497 g/mol. The second-order valence-corrected chi connectivity index (χ2v) is 9.07. The van der Waals surface area contributed by atoms with E-state index in [1.165, 1.54) is 23.0 Å². The molecule has 0 aromatic heterocycles. The second kappa shape index (κ2) is 11.0. The Hall–Kier alpha value is -3.56. The van der Waals surface area contributed by atoms with Gasteiger partial charge in [-0.15, -0.1) is 0 Å². The predicted octanol–water partition coefficient (Wildman–Crippen LogP) is 1.44. The summed E-state index contributed by atoms with van der Waals surface area (Å²) in [6, 6.07) is 9.01. The maximum Gasteiger partial charge on any atom is 0.295 e. The smallest absolute Gasteiger partial charge is 0.295 e. The molecule has 2 aliphatic rings. The highest BCUT2D eigenvalue weighted by Gasteiger charge is 2.46. The summed E-state index contributed by atoms with van der Waals surface area (Å²) in [5, 5.41) is 21.5. The largest absolute Gasteiger partial charge is 0.507 e. The average Bonchev–Trinajstić information content (AvgIpc) is 3.14. The first-order chi connectivity index (χ1) is 17.3. The topological polar surface area (TPSA) is 110 Å². The summed E-state index contributed by atoms with van der Waals surface area (Å²) in [5.41, 5.74) is 1.73. The fourth-order valence-corrected chi connectivity index (χ4v) is 4.90. The van der Waals surface area contributed by atoms with Crippen LogP contribution in [0.25, 0.3) is 5.76 Å². The van der Waals surface area contributed by atoms with Crippen molar-refractivity contribution in [3.8, 4) is 17.2 Å². The van der Waals surface area contributed by atoms with Gasteiger partial charge >= 0.3 is 0 Å². The zero-order valence-corrected chi connectivity index (χ0v) is 20.9. The summed E-state index contributed by atoms with van der Waals surface area (Å²) in [7, 11) is 2.98. The molecular formula is C27H33N2O7+. The number of carbonyl (C=O) groups excluding carboxylic acids is 2. The summed E-state index contributed by atoms with van der Waals surface area (Å²) in [6.07, 6.45) is 0.690. The molecule has 2 aliphatic heterocycles. The molecule has 9 nitrogen and oxygen atoms in total. The lowest BCUT2D eigenvalue weighted by molar-refractivity contribution is -0.908. The lowest BCUT2D eigenvalue weighted by Crippen LogP contribution is -3.14. The summed E-state index contributed by atoms with van der Waals surface area (Å²) >= 11 is 0. The summed E-state index contributed by atoms with van der Waals surface area (Å²) in [4.78, 5) is 29.4. The van der Waals surface area contributed by atoms with Gasteiger partial charge in [-0.2, -0.15) is 0 Å². The van der Waals surface area contributed by atoms with Gasteiger partial charge in [-0.25, -0.2) is 0 Å². The molecule has 3 N–H and O–H groups in total. The number of nitrogens with one attached hydrogen (secondary N) is 1. The van der Waals surface area contributed by atoms with E-state index in [0.717, 1.165) is 19.6 Å². The standard InChI is InChI=1S/C27H32N2O7/c1-17-15-19(34-2)6-7-20(17)25(31)23-24(18-5-8-21(30)22(16-18)35-3)29(27(33)26(23)32)10-4-9-28-11-13-36-14-12-28/h5-8,15-16,24,30-31H,4,9-14H2,1-3H3/p+1. The molecule has 1 amide bonds. The summed E-state index contributed by atoms with van der Waals surface area (Å²) in [6.45, 7) is 6.25. The minimum Gasteiger partial charge on any atom is -0.507 e. The van der Waals surface area contributed by atoms with E-state index in [1.807, 2.05) is 0 Å². The number of quaternary nitrogens is 1. The SMILES string of the molecule is COc1ccc(C(O)=C2C(=O)C(=O)N(CCC[NH+]3CCOCC3)C2c2ccc(O)c(OC)c2)c(C)c1. The third kappa shape index (κ3) is 5.03. The number of benzene rings is 2. The lowest BCUT2D eigenvalue weighted by atomic mass is 9.93. The number of aliphatic hydroxyl groups is 1. The first-order valence-electron chi connectivity index (χ1n) is 12.1. The van der Waals surface area contributed by atoms with Crippen molar-refractivity contribution >= 4 is 17.4 Å². The van der Waals surface area contributed by atoms with Crippen molar-refractivity contribution in [2.24, 2.45) is 0 Å². The molecule has 192 valence electrons. The van der Waals surface area contributed by atoms with Crippen molar-refractivity contribution in [2.45, 2.75) is 19.4 Å². The van der Waals surface area contributed by atoms with E-state index < -0.39 is 17.7 Å². The van der Waals surface area contributed by atoms with E-state index in [9.17, 15) is 19.8 Å². The number of hydrogen-bond acceptors (Lipinski definition) is 7. The van der Waals surface area contributed by atoms with Crippen molar-refractivity contribution in [1.82, 2.24) is 4.90 Å². The quantitative estimate of drug-likeness (QED) is 0.288. The highest BCUT2D eigenvalue weighted by molar-refractivity contribution is 6.46. The fourth-order valence-electron chi connectivity index (χ4n) is 4.90. The third-order valence-corrected chi connectivity index (χ3v) is 6.88. The number of hydrogen-bond donors (Lipinski definition) is 3. The van der Waals surface area contributed by atoms with Crippen molar-refractivity contribution in [3.63, 3.8) is 0 Å². The van der Waals surface area contributed by atoms with Gasteiger partial charge in [0.05, 0.1) is 45.6 Å². The Bertz CT molecular complexity index is 1170. The van der Waals surface area contributed by atoms with Crippen LogP contribution in [0, 0.1) is 6.92 Å². The van der Waals surface area contributed by atoms with Gasteiger partial charge in [0, 0.05) is 18.5 Å². The van der Waals surface area contributed by atoms with Gasteiger partial charge in [-0.05, 0) is 48.4 Å². The van der Waals surface area contributed by atoms with Crippen molar-refractivity contribution in [1.29, 1.82) is 0 Å². The van der Waals surface area contributed by atoms with E-state index in [4.69, 9.17) is 14.2 Å². The highest BCUT2D eigenvalue weighted by atomic mass is 16.5. The van der Waals surface area contributed by atoms with Crippen molar-refractivity contribution in [3.05, 3.63) is 58.7 Å². The number of carbonyl (C=O) groups is 2. The molecule has 2 fully saturated rings. The maximum atomic E-state index is 13.3. The molecule has 0 spiro atoms. The Balaban J connectivity index is 1.74. The number of amides is 1. The van der Waals surface area contributed by atoms with Gasteiger partial charge in [0.1, 0.15) is 24.6 Å². The van der Waals surface area contributed by atoms with E-state index in [1.54, 1.807) is 44.4 Å². The molecule has 4 rings (SSSR count). The highest BCUT2D eigenvalue weighted by Crippen LogP contribution is 2.42. The van der Waals surface area contributed by atoms with Crippen LogP contribution >= 0.6 is 0 Å². The zero-order chi connectivity index (χ0) is 25.8. The first-order valence-corrected chi connectivity index (χ1v) is 12.1. The number of nitrogens with zero attached hydrogens (tertiary/aromatic N) is 1. The summed E-state index contributed by atoms with van der Waals surface area (Å²) < 4.78 is 16.0. The number of morpholine rings is 1. The minimum absolute atomic E-state index is 0.0136. The molecule has 2 saturated heterocycles. The molecular weight excluding hydrogens is 464 g/mol. The Morgan fingerprint density at radius 3 is 2.53 bits per heavy atom. The number of ketones is 1. The molecule has 1 atom stereocenters. The van der Waals surface area contributed by atoms with Gasteiger partial charge in [0.2, 0.25) is 0 Å². The second-order valence-electron chi connectivity index (χ2n) is 9.07. The molecule has 1 unspecified atom stereocenters. The van der Waals surface area contributed by atoms with Crippen molar-refractivity contribution in [2.75, 3.05) is 53.6 Å². The number of rotatable bonds is 8. The lowest BCUT2D eigenvalue weighted by Gasteiger charge is -2.28. The molecule has 2 heterocycles. The molecule has 0 saturated carbocycles. The Morgan fingerprint density at radius 2 is 1.86 bits per heavy atom. The number of phenolic OH excluding ortho intramolecular Hbond substituents is 1. The first kappa shape index (κ1) is 25.5. The molecule has 2 aromatic rings. The van der Waals surface area contributed by atoms with Crippen LogP contribution in [-0.2, 0) is 14.3 Å². The van der Waals surface area contributed by atoms with Crippen LogP contribution in [0.1, 0.15) is 29.2 Å². The Morgan fingerprint density at radius 1 is 1.11 bits per heavy atom. The van der Waals surface area contributed by atoms with Crippen LogP contribution in [0.15, 0.2) is 42.0 Å². The third-order valence-electron chi connectivity index (χ3n) is 6.88. The van der Waals surface area contributed by atoms with E-state index in [2.05, 4.69) is 0 Å². The van der Waals surface area contributed by atoms with Crippen LogP contribution in [0.5, 0.6) is 17.2 Å². The maximum absolute atomic E-state index is 13.3. The molecule has 2 aromatic carbocycles. The number of aliphatic hydroxyl groups excluding tert-OH is 1. The molecule has 0 radical (unpaired) electrons. The van der Waals surface area contributed by atoms with Crippen LogP contribution in [0.3, 0.4) is 0 Å². The van der Waals surface area contributed by atoms with Crippen LogP contribution in [0.2, 0.25) is 0 Å². The zero-order valence-electron chi connectivity index (χ0n) is 20.9. The number of aryl methyl sites for hydroxylation is 1. The average molecular weight is 498 g/mol. The van der Waals surface area contributed by atoms with E-state index in [0.29, 0.717) is 48.6 Å². The number of aromatic hydroxyl groups is 1. The van der Waals surface area contributed by atoms with Gasteiger partial charge in [0.25, 0.3) is 11.7 Å². The van der Waals surface area contributed by atoms with Crippen LogP contribution in [0.4, 0.5) is 0 Å². The number of likely N-dealkylation sites (tertiary alicyclic amines) is 1. The molecule has 36 heavy (non-hydrogen) atoms. The van der Waals surface area contributed by atoms with Gasteiger partial charge in [-0.3, -0.25) is 9.59 Å². The number of methoxy groups -OCH3 is 2. The van der Waals surface area contributed by atoms with Gasteiger partial charge in [-0.1, -0.05) is 6.07 Å². The van der Waals surface area contributed by atoms with Crippen LogP contribution < -0.4 is 14.4 Å². The molecule has 0 aliphatic carbocycles. The number of ether oxygens (including phenoxy) is 3. The minimum atomic E-state index is -0.819. The van der Waals surface area contributed by atoms with Crippen LogP contribution in [-0.4, -0.2) is 80.4 Å². The van der Waals surface area contributed by atoms with Crippen molar-refractivity contribution < 1.29 is 38.9 Å². The summed E-state index contributed by atoms with van der Waals surface area (Å²) in [5.74, 6) is -0.853. The van der Waals surface area contributed by atoms with E-state index >= 15 is 0 Å².